The number of halogens is 1. The number of nitrogens with one attached hydrogen (secondary N) is 1. The maximum Gasteiger partial charge on any atom is 0.0729 e. The molecule has 0 unspecified atom stereocenters. The molecule has 0 aliphatic heterocycles. The molecule has 1 N–H and O–H groups in total. The standard InChI is InChI=1S/C11H17N5.ClH/c1-3-15-8-10(6-13-15)5-12-11-7-14-16(4-2)9-11;/h6-9,12H,3-5H2,1-2H3;1H. The van der Waals surface area contributed by atoms with Gasteiger partial charge in [0.15, 0.2) is 0 Å². The summed E-state index contributed by atoms with van der Waals surface area (Å²) in [5.41, 5.74) is 2.23. The largest absolute Gasteiger partial charge is 0.378 e. The molecule has 0 saturated carbocycles. The van der Waals surface area contributed by atoms with E-state index in [2.05, 4.69) is 35.6 Å². The molecule has 0 radical (unpaired) electrons. The highest BCUT2D eigenvalue weighted by molar-refractivity contribution is 5.85. The van der Waals surface area contributed by atoms with Crippen LogP contribution in [0.4, 0.5) is 5.69 Å². The van der Waals surface area contributed by atoms with E-state index in [9.17, 15) is 0 Å². The number of hydrogen-bond acceptors (Lipinski definition) is 3. The van der Waals surface area contributed by atoms with Gasteiger partial charge in [0.1, 0.15) is 0 Å². The van der Waals surface area contributed by atoms with Crippen molar-refractivity contribution < 1.29 is 0 Å². The van der Waals surface area contributed by atoms with Crippen molar-refractivity contribution in [2.24, 2.45) is 0 Å². The van der Waals surface area contributed by atoms with Crippen molar-refractivity contribution in [2.75, 3.05) is 5.32 Å². The monoisotopic (exact) mass is 255 g/mol. The van der Waals surface area contributed by atoms with Crippen molar-refractivity contribution in [3.05, 3.63) is 30.4 Å². The summed E-state index contributed by atoms with van der Waals surface area (Å²) in [6.07, 6.45) is 7.79. The first-order chi connectivity index (χ1) is 7.81. The average Bonchev–Trinajstić information content (AvgIpc) is 2.95. The molecule has 2 rings (SSSR count). The van der Waals surface area contributed by atoms with Crippen LogP contribution in [0, 0.1) is 0 Å². The Labute approximate surface area is 107 Å². The van der Waals surface area contributed by atoms with Gasteiger partial charge in [0.05, 0.1) is 18.1 Å². The van der Waals surface area contributed by atoms with E-state index < -0.39 is 0 Å². The van der Waals surface area contributed by atoms with Gasteiger partial charge in [0.25, 0.3) is 0 Å². The van der Waals surface area contributed by atoms with Crippen molar-refractivity contribution in [3.63, 3.8) is 0 Å². The first kappa shape index (κ1) is 13.6. The predicted molar refractivity (Wildman–Crippen MR) is 70.4 cm³/mol. The van der Waals surface area contributed by atoms with Crippen molar-refractivity contribution >= 4 is 18.1 Å². The van der Waals surface area contributed by atoms with Gasteiger partial charge in [-0.15, -0.1) is 12.4 Å². The summed E-state index contributed by atoms with van der Waals surface area (Å²) in [6, 6.07) is 0. The summed E-state index contributed by atoms with van der Waals surface area (Å²) < 4.78 is 3.82. The molecule has 2 aromatic rings. The average molecular weight is 256 g/mol. The Hall–Kier alpha value is -1.49. The van der Waals surface area contributed by atoms with Crippen LogP contribution in [0.25, 0.3) is 0 Å². The van der Waals surface area contributed by atoms with E-state index in [0.717, 1.165) is 25.3 Å². The topological polar surface area (TPSA) is 47.7 Å². The third-order valence-corrected chi connectivity index (χ3v) is 2.46. The van der Waals surface area contributed by atoms with Crippen LogP contribution >= 0.6 is 12.4 Å². The van der Waals surface area contributed by atoms with Crippen LogP contribution in [0.15, 0.2) is 24.8 Å². The molecule has 17 heavy (non-hydrogen) atoms. The van der Waals surface area contributed by atoms with Gasteiger partial charge < -0.3 is 5.32 Å². The lowest BCUT2D eigenvalue weighted by molar-refractivity contribution is 0.659. The lowest BCUT2D eigenvalue weighted by Gasteiger charge is -1.99. The van der Waals surface area contributed by atoms with Gasteiger partial charge in [-0.2, -0.15) is 10.2 Å². The molecular formula is C11H18ClN5. The minimum absolute atomic E-state index is 0. The Balaban J connectivity index is 0.00000144. The van der Waals surface area contributed by atoms with Gasteiger partial charge >= 0.3 is 0 Å². The summed E-state index contributed by atoms with van der Waals surface area (Å²) in [6.45, 7) is 6.75. The maximum absolute atomic E-state index is 4.22. The first-order valence-electron chi connectivity index (χ1n) is 5.59. The van der Waals surface area contributed by atoms with Crippen molar-refractivity contribution in [3.8, 4) is 0 Å². The molecule has 0 aromatic carbocycles. The molecule has 5 nitrogen and oxygen atoms in total. The fourth-order valence-electron chi connectivity index (χ4n) is 1.50. The van der Waals surface area contributed by atoms with Crippen LogP contribution in [0.5, 0.6) is 0 Å². The first-order valence-corrected chi connectivity index (χ1v) is 5.59. The van der Waals surface area contributed by atoms with E-state index in [0.29, 0.717) is 0 Å². The van der Waals surface area contributed by atoms with Crippen LogP contribution in [-0.4, -0.2) is 19.6 Å². The van der Waals surface area contributed by atoms with E-state index in [4.69, 9.17) is 0 Å². The zero-order valence-corrected chi connectivity index (χ0v) is 10.9. The van der Waals surface area contributed by atoms with Gasteiger partial charge in [-0.1, -0.05) is 0 Å². The molecular weight excluding hydrogens is 238 g/mol. The molecule has 94 valence electrons. The smallest absolute Gasteiger partial charge is 0.0729 e. The minimum atomic E-state index is 0. The van der Waals surface area contributed by atoms with E-state index >= 15 is 0 Å². The highest BCUT2D eigenvalue weighted by Gasteiger charge is 1.99. The molecule has 0 saturated heterocycles. The van der Waals surface area contributed by atoms with E-state index in [-0.39, 0.29) is 12.4 Å². The molecule has 0 atom stereocenters. The summed E-state index contributed by atoms with van der Waals surface area (Å²) in [5.74, 6) is 0. The summed E-state index contributed by atoms with van der Waals surface area (Å²) in [7, 11) is 0. The van der Waals surface area contributed by atoms with E-state index in [1.54, 1.807) is 0 Å². The molecule has 0 fully saturated rings. The zero-order valence-electron chi connectivity index (χ0n) is 10.1. The van der Waals surface area contributed by atoms with Crippen LogP contribution in [-0.2, 0) is 19.6 Å². The number of aromatic nitrogens is 4. The van der Waals surface area contributed by atoms with Gasteiger partial charge in [-0.25, -0.2) is 0 Å². The second-order valence-corrected chi connectivity index (χ2v) is 3.64. The number of aryl methyl sites for hydroxylation is 2. The third-order valence-electron chi connectivity index (χ3n) is 2.46. The van der Waals surface area contributed by atoms with Gasteiger partial charge in [-0.05, 0) is 13.8 Å². The quantitative estimate of drug-likeness (QED) is 0.891. The van der Waals surface area contributed by atoms with Crippen molar-refractivity contribution in [2.45, 2.75) is 33.5 Å². The Kier molecular flexibility index (Phi) is 5.03. The molecule has 0 amide bonds. The van der Waals surface area contributed by atoms with Crippen LogP contribution in [0.2, 0.25) is 0 Å². The molecule has 0 aliphatic rings. The maximum atomic E-state index is 4.22. The van der Waals surface area contributed by atoms with E-state index in [1.165, 1.54) is 5.56 Å². The van der Waals surface area contributed by atoms with Crippen molar-refractivity contribution in [1.82, 2.24) is 19.6 Å². The molecule has 0 spiro atoms. The Morgan fingerprint density at radius 1 is 1.06 bits per heavy atom. The van der Waals surface area contributed by atoms with E-state index in [1.807, 2.05) is 28.0 Å². The molecule has 2 aromatic heterocycles. The zero-order chi connectivity index (χ0) is 11.4. The fourth-order valence-corrected chi connectivity index (χ4v) is 1.50. The second-order valence-electron chi connectivity index (χ2n) is 3.64. The highest BCUT2D eigenvalue weighted by Crippen LogP contribution is 2.07. The van der Waals surface area contributed by atoms with Gasteiger partial charge in [0.2, 0.25) is 0 Å². The minimum Gasteiger partial charge on any atom is -0.378 e. The summed E-state index contributed by atoms with van der Waals surface area (Å²) >= 11 is 0. The van der Waals surface area contributed by atoms with Gasteiger partial charge in [-0.3, -0.25) is 9.36 Å². The molecule has 6 heteroatoms. The van der Waals surface area contributed by atoms with Gasteiger partial charge in [0, 0.05) is 37.6 Å². The SMILES string of the molecule is CCn1cc(CNc2cnn(CC)c2)cn1.Cl. The molecule has 0 aliphatic carbocycles. The lowest BCUT2D eigenvalue weighted by atomic mass is 10.3. The van der Waals surface area contributed by atoms with Crippen LogP contribution in [0.1, 0.15) is 19.4 Å². The fraction of sp³-hybridized carbons (Fsp3) is 0.455. The summed E-state index contributed by atoms with van der Waals surface area (Å²) in [5, 5.41) is 11.7. The number of hydrogen-bond donors (Lipinski definition) is 1. The molecule has 2 heterocycles. The third kappa shape index (κ3) is 3.49. The number of anilines is 1. The Morgan fingerprint density at radius 3 is 2.29 bits per heavy atom. The molecule has 0 bridgehead atoms. The summed E-state index contributed by atoms with van der Waals surface area (Å²) in [4.78, 5) is 0. The normalized spacial score (nSPS) is 10.0. The Morgan fingerprint density at radius 2 is 1.71 bits per heavy atom. The van der Waals surface area contributed by atoms with Crippen LogP contribution in [0.3, 0.4) is 0 Å². The predicted octanol–water partition coefficient (Wildman–Crippen LogP) is 2.15. The van der Waals surface area contributed by atoms with Crippen LogP contribution < -0.4 is 5.32 Å². The highest BCUT2D eigenvalue weighted by atomic mass is 35.5. The van der Waals surface area contributed by atoms with Crippen molar-refractivity contribution in [1.29, 1.82) is 0 Å². The second kappa shape index (κ2) is 6.30. The lowest BCUT2D eigenvalue weighted by Crippen LogP contribution is -1.98. The number of nitrogens with zero attached hydrogens (tertiary/aromatic N) is 4. The number of rotatable bonds is 5. The Bertz CT molecular complexity index is 406.